The van der Waals surface area contributed by atoms with Crippen LogP contribution in [0.4, 0.5) is 0 Å². The highest BCUT2D eigenvalue weighted by molar-refractivity contribution is 5.95. The SMILES string of the molecule is O=C(NCCCN1CCCC1=O)c1ccc(-n2cccn2)c(C#Cc2cccnc2)c1. The van der Waals surface area contributed by atoms with E-state index in [0.717, 1.165) is 30.6 Å². The summed E-state index contributed by atoms with van der Waals surface area (Å²) in [6, 6.07) is 10.9. The molecule has 1 fully saturated rings. The molecule has 0 atom stereocenters. The Morgan fingerprint density at radius 2 is 2.10 bits per heavy atom. The van der Waals surface area contributed by atoms with Gasteiger partial charge in [-0.2, -0.15) is 5.10 Å². The van der Waals surface area contributed by atoms with Gasteiger partial charge in [0.15, 0.2) is 0 Å². The van der Waals surface area contributed by atoms with Gasteiger partial charge in [-0.15, -0.1) is 0 Å². The van der Waals surface area contributed by atoms with Crippen LogP contribution in [-0.2, 0) is 4.79 Å². The number of nitrogens with one attached hydrogen (secondary N) is 1. The van der Waals surface area contributed by atoms with Crippen molar-refractivity contribution in [1.82, 2.24) is 25.0 Å². The zero-order valence-corrected chi connectivity index (χ0v) is 17.1. The van der Waals surface area contributed by atoms with Gasteiger partial charge in [0.05, 0.1) is 11.3 Å². The predicted molar refractivity (Wildman–Crippen MR) is 117 cm³/mol. The fourth-order valence-electron chi connectivity index (χ4n) is 3.48. The highest BCUT2D eigenvalue weighted by Crippen LogP contribution is 2.16. The van der Waals surface area contributed by atoms with E-state index >= 15 is 0 Å². The summed E-state index contributed by atoms with van der Waals surface area (Å²) in [4.78, 5) is 30.3. The number of aromatic nitrogens is 3. The van der Waals surface area contributed by atoms with Gasteiger partial charge in [-0.1, -0.05) is 11.8 Å². The van der Waals surface area contributed by atoms with Crippen LogP contribution in [0.15, 0.2) is 61.2 Å². The Morgan fingerprint density at radius 1 is 1.16 bits per heavy atom. The molecule has 31 heavy (non-hydrogen) atoms. The summed E-state index contributed by atoms with van der Waals surface area (Å²) in [6.07, 6.45) is 9.23. The number of likely N-dealkylation sites (tertiary alicyclic amines) is 1. The zero-order valence-electron chi connectivity index (χ0n) is 17.1. The summed E-state index contributed by atoms with van der Waals surface area (Å²) >= 11 is 0. The standard InChI is InChI=1S/C24H23N5O2/c30-23-6-2-14-28(23)15-3-12-26-24(31)21-9-10-22(29-16-4-13-27-29)20(17-21)8-7-19-5-1-11-25-18-19/h1,4-5,9-11,13,16-18H,2-3,6,12,14-15H2,(H,26,31). The van der Waals surface area contributed by atoms with Crippen molar-refractivity contribution in [3.8, 4) is 17.5 Å². The van der Waals surface area contributed by atoms with Crippen molar-refractivity contribution >= 4 is 11.8 Å². The fraction of sp³-hybridized carbons (Fsp3) is 0.250. The van der Waals surface area contributed by atoms with Crippen LogP contribution in [-0.4, -0.2) is 51.1 Å². The first-order valence-corrected chi connectivity index (χ1v) is 10.3. The molecule has 0 saturated carbocycles. The van der Waals surface area contributed by atoms with Crippen LogP contribution in [0.3, 0.4) is 0 Å². The number of carbonyl (C=O) groups is 2. The number of pyridine rings is 1. The monoisotopic (exact) mass is 413 g/mol. The van der Waals surface area contributed by atoms with Gasteiger partial charge < -0.3 is 10.2 Å². The van der Waals surface area contributed by atoms with Gasteiger partial charge >= 0.3 is 0 Å². The van der Waals surface area contributed by atoms with Crippen LogP contribution in [0.5, 0.6) is 0 Å². The van der Waals surface area contributed by atoms with Crippen molar-refractivity contribution < 1.29 is 9.59 Å². The lowest BCUT2D eigenvalue weighted by molar-refractivity contribution is -0.127. The van der Waals surface area contributed by atoms with E-state index in [4.69, 9.17) is 0 Å². The number of hydrogen-bond acceptors (Lipinski definition) is 4. The molecular weight excluding hydrogens is 390 g/mol. The van der Waals surface area contributed by atoms with Gasteiger partial charge in [-0.3, -0.25) is 14.6 Å². The van der Waals surface area contributed by atoms with Crippen LogP contribution < -0.4 is 5.32 Å². The zero-order chi connectivity index (χ0) is 21.5. The van der Waals surface area contributed by atoms with Gasteiger partial charge in [0.2, 0.25) is 5.91 Å². The van der Waals surface area contributed by atoms with Gasteiger partial charge in [-0.25, -0.2) is 4.68 Å². The quantitative estimate of drug-likeness (QED) is 0.497. The number of rotatable bonds is 6. The van der Waals surface area contributed by atoms with Gasteiger partial charge in [0.1, 0.15) is 0 Å². The van der Waals surface area contributed by atoms with E-state index < -0.39 is 0 Å². The average Bonchev–Trinajstić information content (AvgIpc) is 3.48. The Balaban J connectivity index is 1.47. The lowest BCUT2D eigenvalue weighted by Crippen LogP contribution is -2.30. The van der Waals surface area contributed by atoms with Crippen LogP contribution in [0.2, 0.25) is 0 Å². The Kier molecular flexibility index (Phi) is 6.38. The lowest BCUT2D eigenvalue weighted by Gasteiger charge is -2.15. The number of carbonyl (C=O) groups excluding carboxylic acids is 2. The molecule has 1 saturated heterocycles. The fourth-order valence-corrected chi connectivity index (χ4v) is 3.48. The first kappa shape index (κ1) is 20.4. The van der Waals surface area contributed by atoms with E-state index in [1.807, 2.05) is 35.4 Å². The minimum absolute atomic E-state index is 0.163. The highest BCUT2D eigenvalue weighted by Gasteiger charge is 2.19. The van der Waals surface area contributed by atoms with Gasteiger partial charge in [-0.05, 0) is 49.2 Å². The number of nitrogens with zero attached hydrogens (tertiary/aromatic N) is 4. The smallest absolute Gasteiger partial charge is 0.251 e. The van der Waals surface area contributed by atoms with Crippen LogP contribution in [0.25, 0.3) is 5.69 Å². The van der Waals surface area contributed by atoms with Crippen molar-refractivity contribution in [2.45, 2.75) is 19.3 Å². The minimum atomic E-state index is -0.163. The second kappa shape index (κ2) is 9.72. The molecule has 0 unspecified atom stereocenters. The van der Waals surface area contributed by atoms with Crippen LogP contribution in [0, 0.1) is 11.8 Å². The second-order valence-corrected chi connectivity index (χ2v) is 7.27. The molecule has 0 bridgehead atoms. The minimum Gasteiger partial charge on any atom is -0.352 e. The molecule has 7 heteroatoms. The lowest BCUT2D eigenvalue weighted by atomic mass is 10.1. The first-order chi connectivity index (χ1) is 15.2. The Hall–Kier alpha value is -3.92. The Bertz CT molecular complexity index is 1110. The number of benzene rings is 1. The van der Waals surface area contributed by atoms with Crippen molar-refractivity contribution in [2.75, 3.05) is 19.6 Å². The number of hydrogen-bond donors (Lipinski definition) is 1. The van der Waals surface area contributed by atoms with E-state index in [-0.39, 0.29) is 11.8 Å². The summed E-state index contributed by atoms with van der Waals surface area (Å²) in [7, 11) is 0. The third-order valence-electron chi connectivity index (χ3n) is 5.07. The van der Waals surface area contributed by atoms with E-state index in [2.05, 4.69) is 27.2 Å². The van der Waals surface area contributed by atoms with Crippen LogP contribution in [0.1, 0.15) is 40.7 Å². The summed E-state index contributed by atoms with van der Waals surface area (Å²) < 4.78 is 1.72. The van der Waals surface area contributed by atoms with Crippen molar-refractivity contribution in [1.29, 1.82) is 0 Å². The molecule has 156 valence electrons. The molecule has 2 amide bonds. The molecule has 1 aliphatic rings. The molecule has 1 N–H and O–H groups in total. The molecule has 3 heterocycles. The molecular formula is C24H23N5O2. The van der Waals surface area contributed by atoms with Crippen LogP contribution >= 0.6 is 0 Å². The maximum atomic E-state index is 12.7. The molecule has 0 spiro atoms. The molecule has 1 aromatic carbocycles. The molecule has 4 rings (SSSR count). The summed E-state index contributed by atoms with van der Waals surface area (Å²) in [6.45, 7) is 2.01. The van der Waals surface area contributed by atoms with Crippen molar-refractivity contribution in [2.24, 2.45) is 0 Å². The third kappa shape index (κ3) is 5.17. The summed E-state index contributed by atoms with van der Waals surface area (Å²) in [5, 5.41) is 7.22. The largest absolute Gasteiger partial charge is 0.352 e. The maximum Gasteiger partial charge on any atom is 0.251 e. The first-order valence-electron chi connectivity index (χ1n) is 10.3. The molecule has 1 aliphatic heterocycles. The summed E-state index contributed by atoms with van der Waals surface area (Å²) in [5.41, 5.74) is 2.82. The molecule has 0 aliphatic carbocycles. The molecule has 3 aromatic rings. The Morgan fingerprint density at radius 3 is 2.84 bits per heavy atom. The molecule has 7 nitrogen and oxygen atoms in total. The normalized spacial score (nSPS) is 13.0. The highest BCUT2D eigenvalue weighted by atomic mass is 16.2. The van der Waals surface area contributed by atoms with Gasteiger partial charge in [0, 0.05) is 62.0 Å². The average molecular weight is 413 g/mol. The van der Waals surface area contributed by atoms with Crippen molar-refractivity contribution in [3.63, 3.8) is 0 Å². The maximum absolute atomic E-state index is 12.7. The number of amides is 2. The molecule has 0 radical (unpaired) electrons. The van der Waals surface area contributed by atoms with E-state index in [1.54, 1.807) is 35.4 Å². The Labute approximate surface area is 181 Å². The van der Waals surface area contributed by atoms with E-state index in [1.165, 1.54) is 0 Å². The third-order valence-corrected chi connectivity index (χ3v) is 5.07. The van der Waals surface area contributed by atoms with Crippen molar-refractivity contribution in [3.05, 3.63) is 77.9 Å². The summed E-state index contributed by atoms with van der Waals surface area (Å²) in [5.74, 6) is 6.28. The van der Waals surface area contributed by atoms with E-state index in [9.17, 15) is 9.59 Å². The van der Waals surface area contributed by atoms with E-state index in [0.29, 0.717) is 30.6 Å². The van der Waals surface area contributed by atoms with Gasteiger partial charge in [0.25, 0.3) is 5.91 Å². The predicted octanol–water partition coefficient (Wildman–Crippen LogP) is 2.41. The second-order valence-electron chi connectivity index (χ2n) is 7.27. The topological polar surface area (TPSA) is 80.1 Å². The molecule has 2 aromatic heterocycles.